The van der Waals surface area contributed by atoms with E-state index >= 15 is 0 Å². The molecule has 0 bridgehead atoms. The monoisotopic (exact) mass is 385 g/mol. The summed E-state index contributed by atoms with van der Waals surface area (Å²) in [6.45, 7) is 6.72. The molecule has 1 aliphatic carbocycles. The van der Waals surface area contributed by atoms with Gasteiger partial charge in [0.1, 0.15) is 0 Å². The van der Waals surface area contributed by atoms with Gasteiger partial charge in [0.15, 0.2) is 0 Å². The fourth-order valence-electron chi connectivity index (χ4n) is 4.91. The number of nitrogens with zero attached hydrogens (tertiary/aromatic N) is 3. The molecule has 2 N–H and O–H groups in total. The number of likely N-dealkylation sites (N-methyl/N-ethyl adjacent to an activating group) is 1. The van der Waals surface area contributed by atoms with Crippen LogP contribution in [0.2, 0.25) is 0 Å². The topological polar surface area (TPSA) is 90.8 Å². The molecule has 4 rings (SSSR count). The molecule has 0 saturated carbocycles. The smallest absolute Gasteiger partial charge is 0.317 e. The third-order valence-corrected chi connectivity index (χ3v) is 6.28. The predicted molar refractivity (Wildman–Crippen MR) is 109 cm³/mol. The van der Waals surface area contributed by atoms with Gasteiger partial charge in [0.05, 0.1) is 16.5 Å². The highest BCUT2D eigenvalue weighted by Crippen LogP contribution is 2.51. The molecule has 2 amide bonds. The number of benzene rings is 1. The van der Waals surface area contributed by atoms with Crippen LogP contribution in [0.25, 0.3) is 5.57 Å². The third kappa shape index (κ3) is 2.92. The van der Waals surface area contributed by atoms with Crippen molar-refractivity contribution >= 4 is 23.0 Å². The molecule has 8 nitrogen and oxygen atoms in total. The van der Waals surface area contributed by atoms with Crippen molar-refractivity contribution in [3.05, 3.63) is 39.4 Å². The molecule has 0 unspecified atom stereocenters. The van der Waals surface area contributed by atoms with Crippen LogP contribution in [0, 0.1) is 10.1 Å². The van der Waals surface area contributed by atoms with Gasteiger partial charge >= 0.3 is 6.03 Å². The third-order valence-electron chi connectivity index (χ3n) is 6.28. The molecule has 8 heteroatoms. The summed E-state index contributed by atoms with van der Waals surface area (Å²) in [7, 11) is 2.04. The number of urea groups is 1. The van der Waals surface area contributed by atoms with Crippen molar-refractivity contribution < 1.29 is 9.72 Å². The van der Waals surface area contributed by atoms with Crippen molar-refractivity contribution in [1.82, 2.24) is 15.1 Å². The fourth-order valence-corrected chi connectivity index (χ4v) is 4.91. The Morgan fingerprint density at radius 3 is 2.82 bits per heavy atom. The summed E-state index contributed by atoms with van der Waals surface area (Å²) >= 11 is 0. The first-order chi connectivity index (χ1) is 13.4. The van der Waals surface area contributed by atoms with Crippen LogP contribution in [0.15, 0.2) is 18.2 Å². The van der Waals surface area contributed by atoms with Crippen LogP contribution in [0.3, 0.4) is 0 Å². The second kappa shape index (κ2) is 7.09. The van der Waals surface area contributed by atoms with Gasteiger partial charge in [0, 0.05) is 49.9 Å². The van der Waals surface area contributed by atoms with Gasteiger partial charge in [-0.3, -0.25) is 15.0 Å². The van der Waals surface area contributed by atoms with Gasteiger partial charge in [-0.2, -0.15) is 0 Å². The number of carbonyl (C=O) groups excluding carboxylic acids is 1. The number of amides is 2. The number of nitrogens with one attached hydrogen (secondary N) is 2. The Morgan fingerprint density at radius 2 is 2.14 bits per heavy atom. The Labute approximate surface area is 164 Å². The van der Waals surface area contributed by atoms with Crippen LogP contribution in [-0.2, 0) is 0 Å². The van der Waals surface area contributed by atoms with E-state index < -0.39 is 0 Å². The van der Waals surface area contributed by atoms with E-state index in [0.717, 1.165) is 35.4 Å². The van der Waals surface area contributed by atoms with E-state index in [1.54, 1.807) is 11.0 Å². The fraction of sp³-hybridized carbons (Fsp3) is 0.550. The minimum Gasteiger partial charge on any atom is -0.384 e. The first kappa shape index (κ1) is 18.7. The van der Waals surface area contributed by atoms with Gasteiger partial charge in [-0.25, -0.2) is 4.79 Å². The number of hydrogen-bond donors (Lipinski definition) is 2. The lowest BCUT2D eigenvalue weighted by atomic mass is 9.74. The number of nitro groups is 1. The Kier molecular flexibility index (Phi) is 4.74. The van der Waals surface area contributed by atoms with Crippen molar-refractivity contribution in [3.63, 3.8) is 0 Å². The van der Waals surface area contributed by atoms with Crippen LogP contribution < -0.4 is 10.6 Å². The average molecular weight is 385 g/mol. The van der Waals surface area contributed by atoms with E-state index in [4.69, 9.17) is 0 Å². The summed E-state index contributed by atoms with van der Waals surface area (Å²) < 4.78 is 0. The van der Waals surface area contributed by atoms with Crippen molar-refractivity contribution in [2.24, 2.45) is 0 Å². The molecule has 3 atom stereocenters. The molecule has 0 fully saturated rings. The van der Waals surface area contributed by atoms with E-state index in [0.29, 0.717) is 19.6 Å². The Hall–Kier alpha value is -2.61. The predicted octanol–water partition coefficient (Wildman–Crippen LogP) is 2.63. The maximum absolute atomic E-state index is 12.5. The lowest BCUT2D eigenvalue weighted by Gasteiger charge is -2.42. The van der Waals surface area contributed by atoms with Crippen molar-refractivity contribution in [2.75, 3.05) is 38.5 Å². The minimum absolute atomic E-state index is 0.0955. The lowest BCUT2D eigenvalue weighted by Crippen LogP contribution is -2.52. The summed E-state index contributed by atoms with van der Waals surface area (Å²) in [6.07, 6.45) is 2.98. The van der Waals surface area contributed by atoms with Crippen molar-refractivity contribution in [3.8, 4) is 0 Å². The molecule has 0 aromatic heterocycles. The quantitative estimate of drug-likeness (QED) is 0.614. The van der Waals surface area contributed by atoms with E-state index in [9.17, 15) is 14.9 Å². The van der Waals surface area contributed by atoms with Gasteiger partial charge in [-0.05, 0) is 44.5 Å². The molecule has 1 aromatic carbocycles. The summed E-state index contributed by atoms with van der Waals surface area (Å²) in [5.74, 6) is 0.288. The second-order valence-electron chi connectivity index (χ2n) is 7.80. The van der Waals surface area contributed by atoms with Crippen LogP contribution >= 0.6 is 0 Å². The van der Waals surface area contributed by atoms with Gasteiger partial charge in [-0.15, -0.1) is 0 Å². The Bertz CT molecular complexity index is 848. The highest BCUT2D eigenvalue weighted by molar-refractivity contribution is 5.87. The van der Waals surface area contributed by atoms with Gasteiger partial charge in [0.25, 0.3) is 5.69 Å². The molecule has 2 aliphatic heterocycles. The number of hydrogen-bond acceptors (Lipinski definition) is 5. The van der Waals surface area contributed by atoms with Gasteiger partial charge in [0.2, 0.25) is 0 Å². The van der Waals surface area contributed by atoms with Crippen LogP contribution in [0.4, 0.5) is 16.2 Å². The molecule has 150 valence electrons. The van der Waals surface area contributed by atoms with Crippen molar-refractivity contribution in [2.45, 2.75) is 38.3 Å². The molecular formula is C20H27N5O3. The maximum Gasteiger partial charge on any atom is 0.317 e. The summed E-state index contributed by atoms with van der Waals surface area (Å²) in [5, 5.41) is 18.3. The highest BCUT2D eigenvalue weighted by atomic mass is 16.6. The standard InChI is InChI=1S/C20H27N5O3/c1-4-24(5-2)20(26)22-13-9-14-17(23(3)11-13)8-12-10-21-15-6-7-16(25(27)28)19(14)18(12)15/h6-7,9,12-13,17,21H,4-5,8,10-11H2,1-3H3,(H,22,26)/t12-,13-,17-/m1/s1. The number of rotatable bonds is 4. The Morgan fingerprint density at radius 1 is 1.39 bits per heavy atom. The SMILES string of the molecule is CCN(CC)C(=O)N[C@@H]1C=C2c3c([N+](=O)[O-])ccc4c3[C@@H](CN4)C[C@H]2N(C)C1. The molecular weight excluding hydrogens is 358 g/mol. The summed E-state index contributed by atoms with van der Waals surface area (Å²) in [4.78, 5) is 28.0. The normalized spacial score (nSPS) is 25.2. The molecule has 2 heterocycles. The number of nitro benzene ring substituents is 1. The van der Waals surface area contributed by atoms with Crippen LogP contribution in [-0.4, -0.2) is 66.1 Å². The highest BCUT2D eigenvalue weighted by Gasteiger charge is 2.43. The second-order valence-corrected chi connectivity index (χ2v) is 7.80. The molecule has 1 aromatic rings. The molecule has 3 aliphatic rings. The zero-order valence-corrected chi connectivity index (χ0v) is 16.6. The van der Waals surface area contributed by atoms with Gasteiger partial charge < -0.3 is 15.5 Å². The van der Waals surface area contributed by atoms with Crippen LogP contribution in [0.1, 0.15) is 37.3 Å². The molecule has 0 radical (unpaired) electrons. The zero-order valence-electron chi connectivity index (χ0n) is 16.6. The largest absolute Gasteiger partial charge is 0.384 e. The van der Waals surface area contributed by atoms with Crippen molar-refractivity contribution in [1.29, 1.82) is 0 Å². The first-order valence-electron chi connectivity index (χ1n) is 9.97. The zero-order chi connectivity index (χ0) is 20.0. The van der Waals surface area contributed by atoms with E-state index in [1.807, 2.05) is 33.0 Å². The lowest BCUT2D eigenvalue weighted by molar-refractivity contribution is -0.385. The average Bonchev–Trinajstić information content (AvgIpc) is 3.07. The number of carbonyl (C=O) groups is 1. The Balaban J connectivity index is 1.75. The summed E-state index contributed by atoms with van der Waals surface area (Å²) in [5.41, 5.74) is 3.96. The minimum atomic E-state index is -0.285. The number of fused-ring (bicyclic) bond motifs is 2. The van der Waals surface area contributed by atoms with E-state index in [1.165, 1.54) is 0 Å². The summed E-state index contributed by atoms with van der Waals surface area (Å²) in [6, 6.07) is 3.29. The number of anilines is 1. The van der Waals surface area contributed by atoms with E-state index in [2.05, 4.69) is 15.5 Å². The molecule has 0 saturated heterocycles. The van der Waals surface area contributed by atoms with E-state index in [-0.39, 0.29) is 34.6 Å². The van der Waals surface area contributed by atoms with Gasteiger partial charge in [-0.1, -0.05) is 6.08 Å². The molecule has 28 heavy (non-hydrogen) atoms. The first-order valence-corrected chi connectivity index (χ1v) is 9.97. The van der Waals surface area contributed by atoms with Crippen LogP contribution in [0.5, 0.6) is 0 Å². The maximum atomic E-state index is 12.5. The molecule has 0 spiro atoms.